The lowest BCUT2D eigenvalue weighted by atomic mass is 9.71. The molecule has 0 N–H and O–H groups in total. The molecule has 0 aliphatic carbocycles. The van der Waals surface area contributed by atoms with Gasteiger partial charge in [0.2, 0.25) is 0 Å². The van der Waals surface area contributed by atoms with E-state index in [9.17, 15) is 0 Å². The van der Waals surface area contributed by atoms with E-state index < -0.39 is 0 Å². The predicted octanol–water partition coefficient (Wildman–Crippen LogP) is 1.74. The fraction of sp³-hybridized carbons (Fsp3) is 1.00. The third kappa shape index (κ3) is 2.45. The van der Waals surface area contributed by atoms with Crippen LogP contribution in [0.3, 0.4) is 0 Å². The number of rotatable bonds is 3. The van der Waals surface area contributed by atoms with E-state index >= 15 is 0 Å². The van der Waals surface area contributed by atoms with Crippen molar-refractivity contribution in [2.45, 2.75) is 45.7 Å². The molecule has 0 aromatic heterocycles. The summed E-state index contributed by atoms with van der Waals surface area (Å²) < 4.78 is 0. The van der Waals surface area contributed by atoms with E-state index in [-0.39, 0.29) is 0 Å². The highest BCUT2D eigenvalue weighted by atomic mass is 15.3. The second-order valence-electron chi connectivity index (χ2n) is 7.70. The van der Waals surface area contributed by atoms with Crippen molar-refractivity contribution in [3.05, 3.63) is 0 Å². The molecular formula is C16H31N3. The summed E-state index contributed by atoms with van der Waals surface area (Å²) in [6, 6.07) is 1.63. The van der Waals surface area contributed by atoms with Crippen LogP contribution < -0.4 is 0 Å². The Labute approximate surface area is 118 Å². The highest BCUT2D eigenvalue weighted by Gasteiger charge is 2.53. The van der Waals surface area contributed by atoms with Gasteiger partial charge in [0.25, 0.3) is 0 Å². The van der Waals surface area contributed by atoms with E-state index in [0.717, 1.165) is 18.0 Å². The molecule has 19 heavy (non-hydrogen) atoms. The number of hydrogen-bond acceptors (Lipinski definition) is 3. The molecular weight excluding hydrogens is 234 g/mol. The second kappa shape index (κ2) is 5.01. The Morgan fingerprint density at radius 2 is 1.79 bits per heavy atom. The summed E-state index contributed by atoms with van der Waals surface area (Å²) in [7, 11) is 2.25. The minimum Gasteiger partial charge on any atom is -0.305 e. The van der Waals surface area contributed by atoms with Gasteiger partial charge in [-0.3, -0.25) is 4.90 Å². The standard InChI is InChI=1S/C16H31N3/c1-5-6-18-8-13(2)15(7-14(18)3)19-11-16(12-19)9-17(4)10-16/h13-15H,5-12H2,1-4H3/t13-,14-,15?/m1/s1. The fourth-order valence-electron chi connectivity index (χ4n) is 4.86. The summed E-state index contributed by atoms with van der Waals surface area (Å²) in [5.41, 5.74) is 0.693. The minimum atomic E-state index is 0.693. The molecule has 0 bridgehead atoms. The summed E-state index contributed by atoms with van der Waals surface area (Å²) in [4.78, 5) is 7.96. The number of hydrogen-bond donors (Lipinski definition) is 0. The third-order valence-electron chi connectivity index (χ3n) is 5.65. The molecule has 0 aromatic carbocycles. The van der Waals surface area contributed by atoms with E-state index in [1.807, 2.05) is 0 Å². The molecule has 1 unspecified atom stereocenters. The Morgan fingerprint density at radius 1 is 1.11 bits per heavy atom. The maximum absolute atomic E-state index is 2.79. The summed E-state index contributed by atoms with van der Waals surface area (Å²) in [6.07, 6.45) is 2.67. The summed E-state index contributed by atoms with van der Waals surface area (Å²) in [5, 5.41) is 0. The first-order valence-corrected chi connectivity index (χ1v) is 8.20. The molecule has 3 aliphatic heterocycles. The van der Waals surface area contributed by atoms with Crippen LogP contribution in [0.5, 0.6) is 0 Å². The highest BCUT2D eigenvalue weighted by Crippen LogP contribution is 2.42. The van der Waals surface area contributed by atoms with Crippen molar-refractivity contribution >= 4 is 0 Å². The molecule has 0 radical (unpaired) electrons. The SMILES string of the molecule is CCCN1C[C@@H](C)C(N2CC3(CN(C)C3)C2)C[C@H]1C. The molecule has 3 atom stereocenters. The van der Waals surface area contributed by atoms with Crippen molar-refractivity contribution in [2.24, 2.45) is 11.3 Å². The molecule has 0 amide bonds. The average Bonchev–Trinajstić information content (AvgIpc) is 2.27. The van der Waals surface area contributed by atoms with Gasteiger partial charge in [0, 0.05) is 50.2 Å². The van der Waals surface area contributed by atoms with Crippen molar-refractivity contribution in [2.75, 3.05) is 46.3 Å². The van der Waals surface area contributed by atoms with Crippen LogP contribution in [0.4, 0.5) is 0 Å². The zero-order valence-corrected chi connectivity index (χ0v) is 13.2. The van der Waals surface area contributed by atoms with Crippen LogP contribution in [0, 0.1) is 11.3 Å². The van der Waals surface area contributed by atoms with Crippen molar-refractivity contribution in [3.8, 4) is 0 Å². The first-order chi connectivity index (χ1) is 9.03. The van der Waals surface area contributed by atoms with Gasteiger partial charge in [0.15, 0.2) is 0 Å². The average molecular weight is 265 g/mol. The fourth-order valence-corrected chi connectivity index (χ4v) is 4.86. The molecule has 3 heterocycles. The zero-order chi connectivity index (χ0) is 13.6. The topological polar surface area (TPSA) is 9.72 Å². The summed E-state index contributed by atoms with van der Waals surface area (Å²) in [6.45, 7) is 15.2. The van der Waals surface area contributed by atoms with E-state index in [2.05, 4.69) is 42.5 Å². The summed E-state index contributed by atoms with van der Waals surface area (Å²) >= 11 is 0. The van der Waals surface area contributed by atoms with Gasteiger partial charge in [-0.25, -0.2) is 0 Å². The molecule has 1 spiro atoms. The van der Waals surface area contributed by atoms with Crippen LogP contribution >= 0.6 is 0 Å². The Hall–Kier alpha value is -0.120. The minimum absolute atomic E-state index is 0.693. The Kier molecular flexibility index (Phi) is 3.65. The monoisotopic (exact) mass is 265 g/mol. The molecule has 0 aromatic rings. The summed E-state index contributed by atoms with van der Waals surface area (Å²) in [5.74, 6) is 0.845. The Balaban J connectivity index is 1.53. The van der Waals surface area contributed by atoms with Crippen molar-refractivity contribution < 1.29 is 0 Å². The lowest BCUT2D eigenvalue weighted by Gasteiger charge is -2.63. The van der Waals surface area contributed by atoms with E-state index in [1.54, 1.807) is 0 Å². The molecule has 3 saturated heterocycles. The van der Waals surface area contributed by atoms with Crippen LogP contribution in [0.15, 0.2) is 0 Å². The second-order valence-corrected chi connectivity index (χ2v) is 7.70. The van der Waals surface area contributed by atoms with Gasteiger partial charge in [0.1, 0.15) is 0 Å². The van der Waals surface area contributed by atoms with E-state index in [4.69, 9.17) is 0 Å². The van der Waals surface area contributed by atoms with Crippen LogP contribution in [0.25, 0.3) is 0 Å². The highest BCUT2D eigenvalue weighted by molar-refractivity contribution is 5.07. The van der Waals surface area contributed by atoms with Crippen molar-refractivity contribution in [1.82, 2.24) is 14.7 Å². The maximum atomic E-state index is 2.79. The van der Waals surface area contributed by atoms with Crippen molar-refractivity contribution in [1.29, 1.82) is 0 Å². The maximum Gasteiger partial charge on any atom is 0.0212 e. The molecule has 110 valence electrons. The van der Waals surface area contributed by atoms with Gasteiger partial charge in [-0.05, 0) is 39.3 Å². The Bertz CT molecular complexity index is 316. The zero-order valence-electron chi connectivity index (χ0n) is 13.2. The van der Waals surface area contributed by atoms with Crippen LogP contribution in [0.1, 0.15) is 33.6 Å². The lowest BCUT2D eigenvalue weighted by molar-refractivity contribution is -0.139. The quantitative estimate of drug-likeness (QED) is 0.770. The molecule has 3 nitrogen and oxygen atoms in total. The van der Waals surface area contributed by atoms with E-state index in [1.165, 1.54) is 52.1 Å². The molecule has 3 aliphatic rings. The molecule has 3 fully saturated rings. The van der Waals surface area contributed by atoms with Gasteiger partial charge >= 0.3 is 0 Å². The Morgan fingerprint density at radius 3 is 2.37 bits per heavy atom. The van der Waals surface area contributed by atoms with E-state index in [0.29, 0.717) is 5.41 Å². The van der Waals surface area contributed by atoms with Gasteiger partial charge < -0.3 is 9.80 Å². The lowest BCUT2D eigenvalue weighted by Crippen LogP contribution is -2.74. The number of likely N-dealkylation sites (tertiary alicyclic amines) is 3. The van der Waals surface area contributed by atoms with Crippen LogP contribution in [-0.4, -0.2) is 73.1 Å². The smallest absolute Gasteiger partial charge is 0.0212 e. The number of nitrogens with zero attached hydrogens (tertiary/aromatic N) is 3. The van der Waals surface area contributed by atoms with Gasteiger partial charge in [-0.1, -0.05) is 13.8 Å². The third-order valence-corrected chi connectivity index (χ3v) is 5.65. The molecule has 3 rings (SSSR count). The first-order valence-electron chi connectivity index (χ1n) is 8.20. The van der Waals surface area contributed by atoms with Gasteiger partial charge in [-0.15, -0.1) is 0 Å². The number of piperidine rings is 1. The van der Waals surface area contributed by atoms with Gasteiger partial charge in [0.05, 0.1) is 0 Å². The molecule has 0 saturated carbocycles. The van der Waals surface area contributed by atoms with Crippen LogP contribution in [-0.2, 0) is 0 Å². The van der Waals surface area contributed by atoms with Crippen molar-refractivity contribution in [3.63, 3.8) is 0 Å². The molecule has 3 heteroatoms. The van der Waals surface area contributed by atoms with Crippen LogP contribution in [0.2, 0.25) is 0 Å². The predicted molar refractivity (Wildman–Crippen MR) is 80.4 cm³/mol. The normalized spacial score (nSPS) is 40.1. The largest absolute Gasteiger partial charge is 0.305 e. The van der Waals surface area contributed by atoms with Gasteiger partial charge in [-0.2, -0.15) is 0 Å². The first kappa shape index (κ1) is 13.8.